The summed E-state index contributed by atoms with van der Waals surface area (Å²) in [5.41, 5.74) is 1.02. The van der Waals surface area contributed by atoms with Crippen LogP contribution in [0.1, 0.15) is 17.4 Å². The predicted molar refractivity (Wildman–Crippen MR) is 81.8 cm³/mol. The van der Waals surface area contributed by atoms with E-state index in [1.54, 1.807) is 25.3 Å². The van der Waals surface area contributed by atoms with Crippen LogP contribution in [0.25, 0.3) is 0 Å². The van der Waals surface area contributed by atoms with E-state index in [4.69, 9.17) is 16.3 Å². The summed E-state index contributed by atoms with van der Waals surface area (Å²) in [6.07, 6.45) is 1.06. The maximum atomic E-state index is 12.0. The molecule has 1 unspecified atom stereocenters. The molecular weight excluding hydrogens is 296 g/mol. The Bertz CT molecular complexity index is 627. The van der Waals surface area contributed by atoms with Crippen molar-refractivity contribution >= 4 is 34.0 Å². The van der Waals surface area contributed by atoms with Crippen molar-refractivity contribution < 1.29 is 9.53 Å². The molecule has 1 N–H and O–H groups in total. The number of benzene rings is 1. The highest BCUT2D eigenvalue weighted by Gasteiger charge is 2.17. The van der Waals surface area contributed by atoms with E-state index in [1.807, 2.05) is 19.9 Å². The third-order valence-corrected chi connectivity index (χ3v) is 3.75. The van der Waals surface area contributed by atoms with Gasteiger partial charge in [-0.15, -0.1) is 11.3 Å². The number of hydrogen-bond donors (Lipinski definition) is 1. The minimum atomic E-state index is -0.654. The van der Waals surface area contributed by atoms with Gasteiger partial charge in [0.2, 0.25) is 0 Å². The zero-order valence-electron chi connectivity index (χ0n) is 11.4. The van der Waals surface area contributed by atoms with Crippen LogP contribution < -0.4 is 10.1 Å². The first-order valence-electron chi connectivity index (χ1n) is 6.12. The molecule has 6 heteroatoms. The van der Waals surface area contributed by atoms with E-state index < -0.39 is 6.10 Å². The number of ether oxygens (including phenoxy) is 1. The quantitative estimate of drug-likeness (QED) is 0.934. The lowest BCUT2D eigenvalue weighted by Crippen LogP contribution is -2.30. The van der Waals surface area contributed by atoms with Gasteiger partial charge in [-0.1, -0.05) is 17.7 Å². The Morgan fingerprint density at radius 2 is 2.20 bits per heavy atom. The van der Waals surface area contributed by atoms with Gasteiger partial charge in [-0.25, -0.2) is 4.98 Å². The van der Waals surface area contributed by atoms with E-state index in [0.29, 0.717) is 15.9 Å². The second-order valence-electron chi connectivity index (χ2n) is 4.46. The van der Waals surface area contributed by atoms with E-state index in [0.717, 1.165) is 10.4 Å². The van der Waals surface area contributed by atoms with E-state index in [2.05, 4.69) is 10.3 Å². The van der Waals surface area contributed by atoms with Gasteiger partial charge in [0.05, 0.1) is 5.02 Å². The van der Waals surface area contributed by atoms with Crippen LogP contribution in [0.5, 0.6) is 5.75 Å². The molecule has 2 rings (SSSR count). The zero-order valence-corrected chi connectivity index (χ0v) is 13.0. The van der Waals surface area contributed by atoms with Gasteiger partial charge < -0.3 is 4.74 Å². The van der Waals surface area contributed by atoms with Crippen LogP contribution in [0.15, 0.2) is 24.4 Å². The molecule has 0 radical (unpaired) electrons. The summed E-state index contributed by atoms with van der Waals surface area (Å²) < 4.78 is 5.60. The van der Waals surface area contributed by atoms with Gasteiger partial charge in [0, 0.05) is 11.1 Å². The molecule has 1 aromatic carbocycles. The number of amides is 1. The van der Waals surface area contributed by atoms with E-state index >= 15 is 0 Å². The molecule has 0 saturated carbocycles. The first-order valence-corrected chi connectivity index (χ1v) is 7.31. The lowest BCUT2D eigenvalue weighted by atomic mass is 10.2. The number of rotatable bonds is 4. The minimum Gasteiger partial charge on any atom is -0.479 e. The molecule has 4 nitrogen and oxygen atoms in total. The van der Waals surface area contributed by atoms with Crippen LogP contribution >= 0.6 is 22.9 Å². The van der Waals surface area contributed by atoms with Crippen molar-refractivity contribution in [2.75, 3.05) is 5.32 Å². The fourth-order valence-corrected chi connectivity index (χ4v) is 2.39. The number of halogens is 1. The number of aryl methyl sites for hydroxylation is 2. The molecule has 0 aliphatic rings. The fourth-order valence-electron chi connectivity index (χ4n) is 1.56. The molecule has 1 amide bonds. The smallest absolute Gasteiger partial charge is 0.266 e. The van der Waals surface area contributed by atoms with Gasteiger partial charge in [0.1, 0.15) is 5.75 Å². The Labute approximate surface area is 126 Å². The van der Waals surface area contributed by atoms with Crippen molar-refractivity contribution in [1.29, 1.82) is 0 Å². The summed E-state index contributed by atoms with van der Waals surface area (Å²) in [5, 5.41) is 3.77. The van der Waals surface area contributed by atoms with Crippen molar-refractivity contribution in [1.82, 2.24) is 4.98 Å². The van der Waals surface area contributed by atoms with Crippen LogP contribution in [0.4, 0.5) is 5.13 Å². The molecule has 0 saturated heterocycles. The predicted octanol–water partition coefficient (Wildman–Crippen LogP) is 3.82. The largest absolute Gasteiger partial charge is 0.479 e. The molecule has 106 valence electrons. The summed E-state index contributed by atoms with van der Waals surface area (Å²) in [6, 6.07) is 5.44. The van der Waals surface area contributed by atoms with Gasteiger partial charge >= 0.3 is 0 Å². The van der Waals surface area contributed by atoms with Gasteiger partial charge in [-0.2, -0.15) is 0 Å². The topological polar surface area (TPSA) is 51.2 Å². The fraction of sp³-hybridized carbons (Fsp3) is 0.286. The van der Waals surface area contributed by atoms with E-state index in [1.165, 1.54) is 11.3 Å². The number of carbonyl (C=O) groups excluding carboxylic acids is 1. The highest BCUT2D eigenvalue weighted by atomic mass is 35.5. The average Bonchev–Trinajstić information content (AvgIpc) is 2.79. The number of hydrogen-bond acceptors (Lipinski definition) is 4. The molecule has 0 bridgehead atoms. The van der Waals surface area contributed by atoms with Crippen molar-refractivity contribution in [3.63, 3.8) is 0 Å². The lowest BCUT2D eigenvalue weighted by Gasteiger charge is -2.15. The maximum absolute atomic E-state index is 12.0. The Kier molecular flexibility index (Phi) is 4.62. The molecule has 0 fully saturated rings. The van der Waals surface area contributed by atoms with Crippen molar-refractivity contribution in [2.24, 2.45) is 0 Å². The zero-order chi connectivity index (χ0) is 14.7. The van der Waals surface area contributed by atoms with Crippen LogP contribution in [0.2, 0.25) is 5.02 Å². The molecule has 1 atom stereocenters. The molecule has 20 heavy (non-hydrogen) atoms. The maximum Gasteiger partial charge on any atom is 0.266 e. The molecule has 0 spiro atoms. The molecule has 0 aliphatic carbocycles. The Hall–Kier alpha value is -1.59. The van der Waals surface area contributed by atoms with Crippen molar-refractivity contribution in [2.45, 2.75) is 26.9 Å². The number of anilines is 1. The second kappa shape index (κ2) is 6.24. The van der Waals surface area contributed by atoms with Gasteiger partial charge in [0.15, 0.2) is 11.2 Å². The van der Waals surface area contributed by atoms with E-state index in [-0.39, 0.29) is 5.91 Å². The van der Waals surface area contributed by atoms with Crippen LogP contribution in [-0.2, 0) is 4.79 Å². The highest BCUT2D eigenvalue weighted by molar-refractivity contribution is 7.15. The van der Waals surface area contributed by atoms with Crippen molar-refractivity contribution in [3.8, 4) is 5.75 Å². The first-order chi connectivity index (χ1) is 9.45. The Morgan fingerprint density at radius 3 is 2.85 bits per heavy atom. The van der Waals surface area contributed by atoms with Gasteiger partial charge in [-0.05, 0) is 38.5 Å². The van der Waals surface area contributed by atoms with Gasteiger partial charge in [0.25, 0.3) is 5.91 Å². The number of carbonyl (C=O) groups is 1. The number of thiazole rings is 1. The SMILES string of the molecule is Cc1ccc(Cl)c(OC(C)C(=O)Nc2ncc(C)s2)c1. The molecule has 0 aliphatic heterocycles. The van der Waals surface area contributed by atoms with Crippen molar-refractivity contribution in [3.05, 3.63) is 39.9 Å². The average molecular weight is 311 g/mol. The summed E-state index contributed by atoms with van der Waals surface area (Å²) in [4.78, 5) is 17.1. The third-order valence-electron chi connectivity index (χ3n) is 2.61. The standard InChI is InChI=1S/C14H15ClN2O2S/c1-8-4-5-11(15)12(6-8)19-10(3)13(18)17-14-16-7-9(2)20-14/h4-7,10H,1-3H3,(H,16,17,18). The minimum absolute atomic E-state index is 0.253. The Balaban J connectivity index is 2.02. The molecule has 2 aromatic rings. The van der Waals surface area contributed by atoms with Crippen LogP contribution in [0, 0.1) is 13.8 Å². The van der Waals surface area contributed by atoms with Crippen LogP contribution in [-0.4, -0.2) is 17.0 Å². The molecule has 1 heterocycles. The normalized spacial score (nSPS) is 12.0. The number of nitrogens with zero attached hydrogens (tertiary/aromatic N) is 1. The van der Waals surface area contributed by atoms with Crippen LogP contribution in [0.3, 0.4) is 0 Å². The summed E-state index contributed by atoms with van der Waals surface area (Å²) in [6.45, 7) is 5.54. The van der Waals surface area contributed by atoms with Gasteiger partial charge in [-0.3, -0.25) is 10.1 Å². The first kappa shape index (κ1) is 14.8. The Morgan fingerprint density at radius 1 is 1.45 bits per heavy atom. The van der Waals surface area contributed by atoms with E-state index in [9.17, 15) is 4.79 Å². The highest BCUT2D eigenvalue weighted by Crippen LogP contribution is 2.26. The lowest BCUT2D eigenvalue weighted by molar-refractivity contribution is -0.122. The second-order valence-corrected chi connectivity index (χ2v) is 6.10. The number of nitrogens with one attached hydrogen (secondary N) is 1. The molecule has 1 aromatic heterocycles. The number of aromatic nitrogens is 1. The monoisotopic (exact) mass is 310 g/mol. The summed E-state index contributed by atoms with van der Waals surface area (Å²) >= 11 is 7.46. The third kappa shape index (κ3) is 3.71. The summed E-state index contributed by atoms with van der Waals surface area (Å²) in [7, 11) is 0. The summed E-state index contributed by atoms with van der Waals surface area (Å²) in [5.74, 6) is 0.251. The molecular formula is C14H15ClN2O2S.